The zero-order chi connectivity index (χ0) is 57.9. The van der Waals surface area contributed by atoms with Crippen molar-refractivity contribution in [2.75, 3.05) is 13.2 Å². The second kappa shape index (κ2) is 60.0. The zero-order valence-corrected chi connectivity index (χ0v) is 52.3. The van der Waals surface area contributed by atoms with Crippen molar-refractivity contribution in [3.63, 3.8) is 0 Å². The van der Waals surface area contributed by atoms with E-state index in [1.54, 1.807) is 0 Å². The average molecular weight is 1130 g/mol. The molecular formula is C71H131NO8. The van der Waals surface area contributed by atoms with Crippen LogP contribution in [0.15, 0.2) is 60.8 Å². The summed E-state index contributed by atoms with van der Waals surface area (Å²) >= 11 is 0. The second-order valence-electron chi connectivity index (χ2n) is 23.9. The molecule has 9 heteroatoms. The Kier molecular flexibility index (Phi) is 57.0. The van der Waals surface area contributed by atoms with Crippen LogP contribution in [-0.2, 0) is 14.3 Å². The molecule has 1 heterocycles. The number of ether oxygens (including phenoxy) is 2. The molecule has 1 aliphatic heterocycles. The van der Waals surface area contributed by atoms with Crippen molar-refractivity contribution in [1.82, 2.24) is 5.32 Å². The second-order valence-corrected chi connectivity index (χ2v) is 23.9. The number of rotatable bonds is 60. The van der Waals surface area contributed by atoms with Crippen LogP contribution in [0.1, 0.15) is 328 Å². The lowest BCUT2D eigenvalue weighted by molar-refractivity contribution is -0.302. The standard InChI is InChI=1S/C71H131NO8/c1-3-5-7-9-11-13-15-17-19-21-23-25-26-27-28-29-30-31-32-33-34-35-36-37-38-39-40-41-43-45-47-49-51-53-55-57-59-61-67(75)72-64(63-79-71-70(78)69(77)68(76)66(62-73)80-71)65(74)60-58-56-54-52-50-48-46-44-42-24-22-20-18-16-14-12-10-8-6-4-2/h5,7,11,13,17,19,23,25,27-28,64-66,68-71,73-74,76-78H,3-4,6,8-10,12,14-16,18,20-22,24,26,29-63H2,1-2H3,(H,72,75)/b7-5-,13-11-,19-17-,25-23-,28-27-. The Morgan fingerprint density at radius 1 is 0.438 bits per heavy atom. The summed E-state index contributed by atoms with van der Waals surface area (Å²) in [6.45, 7) is 3.77. The summed E-state index contributed by atoms with van der Waals surface area (Å²) in [5, 5.41) is 54.9. The highest BCUT2D eigenvalue weighted by molar-refractivity contribution is 5.76. The van der Waals surface area contributed by atoms with Crippen LogP contribution in [0, 0.1) is 0 Å². The monoisotopic (exact) mass is 1130 g/mol. The minimum atomic E-state index is -1.55. The molecule has 0 radical (unpaired) electrons. The fraction of sp³-hybridized carbons (Fsp3) is 0.845. The summed E-state index contributed by atoms with van der Waals surface area (Å²) in [6, 6.07) is -0.719. The summed E-state index contributed by atoms with van der Waals surface area (Å²) in [5.41, 5.74) is 0. The van der Waals surface area contributed by atoms with Crippen molar-refractivity contribution in [3.8, 4) is 0 Å². The molecule has 0 spiro atoms. The van der Waals surface area contributed by atoms with E-state index in [1.807, 2.05) is 0 Å². The molecule has 1 fully saturated rings. The maximum Gasteiger partial charge on any atom is 0.220 e. The number of carbonyl (C=O) groups is 1. The molecule has 1 amide bonds. The number of allylic oxidation sites excluding steroid dienone is 10. The van der Waals surface area contributed by atoms with Gasteiger partial charge in [0.1, 0.15) is 24.4 Å². The molecule has 1 saturated heterocycles. The van der Waals surface area contributed by atoms with Crippen LogP contribution in [0.4, 0.5) is 0 Å². The van der Waals surface area contributed by atoms with Gasteiger partial charge in [-0.05, 0) is 57.8 Å². The number of aliphatic hydroxyl groups is 5. The Bertz CT molecular complexity index is 1450. The van der Waals surface area contributed by atoms with Crippen LogP contribution in [0.25, 0.3) is 0 Å². The lowest BCUT2D eigenvalue weighted by atomic mass is 9.99. The first-order valence-corrected chi connectivity index (χ1v) is 34.5. The van der Waals surface area contributed by atoms with E-state index < -0.39 is 49.5 Å². The lowest BCUT2D eigenvalue weighted by Gasteiger charge is -2.40. The van der Waals surface area contributed by atoms with E-state index in [2.05, 4.69) is 79.9 Å². The SMILES string of the molecule is CC/C=C\C/C=C\C/C=C\C/C=C\C/C=C\CCCCCCCCCCCCCCCCCCCCCCCC(=O)NC(COC1OC(CO)C(O)C(O)C1O)C(O)CCCCCCCCCCCCCCCCCCCCCC. The van der Waals surface area contributed by atoms with Crippen LogP contribution < -0.4 is 5.32 Å². The van der Waals surface area contributed by atoms with Gasteiger partial charge < -0.3 is 40.3 Å². The van der Waals surface area contributed by atoms with Crippen molar-refractivity contribution < 1.29 is 39.8 Å². The number of unbranched alkanes of at least 4 members (excludes halogenated alkanes) is 40. The Morgan fingerprint density at radius 3 is 1.15 bits per heavy atom. The van der Waals surface area contributed by atoms with Crippen LogP contribution in [-0.4, -0.2) is 87.5 Å². The number of nitrogens with one attached hydrogen (secondary N) is 1. The third-order valence-electron chi connectivity index (χ3n) is 16.4. The molecule has 0 saturated carbocycles. The van der Waals surface area contributed by atoms with E-state index >= 15 is 0 Å². The van der Waals surface area contributed by atoms with Gasteiger partial charge in [0, 0.05) is 6.42 Å². The van der Waals surface area contributed by atoms with Crippen molar-refractivity contribution in [2.24, 2.45) is 0 Å². The minimum Gasteiger partial charge on any atom is -0.394 e. The van der Waals surface area contributed by atoms with Gasteiger partial charge in [0.2, 0.25) is 5.91 Å². The van der Waals surface area contributed by atoms with Gasteiger partial charge in [-0.3, -0.25) is 4.79 Å². The van der Waals surface area contributed by atoms with E-state index in [9.17, 15) is 30.3 Å². The summed E-state index contributed by atoms with van der Waals surface area (Å²) in [4.78, 5) is 13.1. The van der Waals surface area contributed by atoms with E-state index in [1.165, 1.54) is 231 Å². The fourth-order valence-electron chi connectivity index (χ4n) is 11.0. The van der Waals surface area contributed by atoms with Crippen molar-refractivity contribution in [1.29, 1.82) is 0 Å². The van der Waals surface area contributed by atoms with E-state index in [0.717, 1.165) is 70.6 Å². The number of aliphatic hydroxyl groups excluding tert-OH is 5. The highest BCUT2D eigenvalue weighted by Gasteiger charge is 2.44. The maximum atomic E-state index is 13.1. The zero-order valence-electron chi connectivity index (χ0n) is 52.3. The molecular weight excluding hydrogens is 995 g/mol. The molecule has 1 aliphatic rings. The first-order chi connectivity index (χ1) is 39.3. The van der Waals surface area contributed by atoms with Crippen molar-refractivity contribution in [3.05, 3.63) is 60.8 Å². The van der Waals surface area contributed by atoms with E-state index in [0.29, 0.717) is 12.8 Å². The number of carbonyl (C=O) groups excluding carboxylic acids is 1. The predicted octanol–water partition coefficient (Wildman–Crippen LogP) is 18.6. The molecule has 0 aromatic rings. The van der Waals surface area contributed by atoms with Gasteiger partial charge in [0.15, 0.2) is 6.29 Å². The molecule has 80 heavy (non-hydrogen) atoms. The molecule has 1 rings (SSSR count). The topological polar surface area (TPSA) is 149 Å². The largest absolute Gasteiger partial charge is 0.394 e. The van der Waals surface area contributed by atoms with Gasteiger partial charge in [0.25, 0.3) is 0 Å². The summed E-state index contributed by atoms with van der Waals surface area (Å²) in [7, 11) is 0. The Hall–Kier alpha value is -2.11. The maximum absolute atomic E-state index is 13.1. The molecule has 6 N–H and O–H groups in total. The van der Waals surface area contributed by atoms with Gasteiger partial charge in [-0.1, -0.05) is 325 Å². The molecule has 468 valence electrons. The van der Waals surface area contributed by atoms with Gasteiger partial charge >= 0.3 is 0 Å². The van der Waals surface area contributed by atoms with Crippen LogP contribution in [0.2, 0.25) is 0 Å². The predicted molar refractivity (Wildman–Crippen MR) is 341 cm³/mol. The van der Waals surface area contributed by atoms with Crippen LogP contribution in [0.5, 0.6) is 0 Å². The Morgan fingerprint density at radius 2 is 0.775 bits per heavy atom. The van der Waals surface area contributed by atoms with Gasteiger partial charge in [0.05, 0.1) is 25.4 Å². The third kappa shape index (κ3) is 48.3. The first kappa shape index (κ1) is 75.9. The molecule has 0 bridgehead atoms. The Labute approximate surface area is 494 Å². The molecule has 7 atom stereocenters. The summed E-state index contributed by atoms with van der Waals surface area (Å²) < 4.78 is 11.4. The quantitative estimate of drug-likeness (QED) is 0.0261. The third-order valence-corrected chi connectivity index (χ3v) is 16.4. The van der Waals surface area contributed by atoms with E-state index in [4.69, 9.17) is 9.47 Å². The van der Waals surface area contributed by atoms with Crippen LogP contribution >= 0.6 is 0 Å². The minimum absolute atomic E-state index is 0.135. The molecule has 7 unspecified atom stereocenters. The number of hydrogen-bond acceptors (Lipinski definition) is 8. The number of hydrogen-bond donors (Lipinski definition) is 6. The van der Waals surface area contributed by atoms with Crippen LogP contribution in [0.3, 0.4) is 0 Å². The lowest BCUT2D eigenvalue weighted by Crippen LogP contribution is -2.60. The van der Waals surface area contributed by atoms with Crippen molar-refractivity contribution in [2.45, 2.75) is 371 Å². The van der Waals surface area contributed by atoms with E-state index in [-0.39, 0.29) is 12.5 Å². The average Bonchev–Trinajstić information content (AvgIpc) is 3.46. The summed E-state index contributed by atoms with van der Waals surface area (Å²) in [5.74, 6) is -0.138. The molecule has 0 aliphatic carbocycles. The molecule has 0 aromatic carbocycles. The Balaban J connectivity index is 2.07. The number of amides is 1. The summed E-state index contributed by atoms with van der Waals surface area (Å²) in [6.07, 6.45) is 75.7. The van der Waals surface area contributed by atoms with Gasteiger partial charge in [-0.2, -0.15) is 0 Å². The highest BCUT2D eigenvalue weighted by Crippen LogP contribution is 2.24. The smallest absolute Gasteiger partial charge is 0.220 e. The highest BCUT2D eigenvalue weighted by atomic mass is 16.7. The normalized spacial score (nSPS) is 18.8. The molecule has 0 aromatic heterocycles. The first-order valence-electron chi connectivity index (χ1n) is 34.5. The van der Waals surface area contributed by atoms with Gasteiger partial charge in [-0.25, -0.2) is 0 Å². The van der Waals surface area contributed by atoms with Crippen molar-refractivity contribution >= 4 is 5.91 Å². The molecule has 9 nitrogen and oxygen atoms in total. The fourth-order valence-corrected chi connectivity index (χ4v) is 11.0. The van der Waals surface area contributed by atoms with Gasteiger partial charge in [-0.15, -0.1) is 0 Å².